The minimum Gasteiger partial charge on any atom is -0.508 e. The van der Waals surface area contributed by atoms with Crippen molar-refractivity contribution in [3.05, 3.63) is 143 Å². The van der Waals surface area contributed by atoms with Gasteiger partial charge in [0.05, 0.1) is 62.9 Å². The van der Waals surface area contributed by atoms with Gasteiger partial charge in [0, 0.05) is 140 Å². The molecular formula is C81H97Cl2N15O19. The molecule has 10 N–H and O–H groups in total. The molecule has 14 amide bonds. The number of hydrogen-bond acceptors (Lipinski definition) is 20. The summed E-state index contributed by atoms with van der Waals surface area (Å²) >= 11 is 4.71. The number of nitrogens with zero attached hydrogens (tertiary/aromatic N) is 8. The summed E-state index contributed by atoms with van der Waals surface area (Å²) in [5.74, 6) is -0.398. The molecule has 4 saturated heterocycles. The second-order valence-electron chi connectivity index (χ2n) is 30.6. The molecule has 4 fully saturated rings. The number of aromatic hydroxyl groups is 1. The summed E-state index contributed by atoms with van der Waals surface area (Å²) in [6.07, 6.45) is 2.55. The number of likely N-dealkylation sites (N-methyl/N-ethyl adjacent to an activating group) is 4. The van der Waals surface area contributed by atoms with Gasteiger partial charge >= 0.3 is 36.2 Å². The highest BCUT2D eigenvalue weighted by molar-refractivity contribution is 6.66. The zero-order valence-electron chi connectivity index (χ0n) is 66.6. The Balaban J connectivity index is 0.000000155. The number of amides is 14. The van der Waals surface area contributed by atoms with Crippen LogP contribution >= 0.6 is 24.0 Å². The molecule has 8 aliphatic heterocycles. The zero-order chi connectivity index (χ0) is 84.1. The minimum atomic E-state index is -0.547. The van der Waals surface area contributed by atoms with E-state index in [0.717, 1.165) is 100 Å². The summed E-state index contributed by atoms with van der Waals surface area (Å²) in [6.45, 7) is 23.1. The van der Waals surface area contributed by atoms with Crippen molar-refractivity contribution in [2.75, 3.05) is 100 Å². The Kier molecular flexibility index (Phi) is 27.1. The van der Waals surface area contributed by atoms with Crippen LogP contribution in [0.4, 0.5) is 24.0 Å². The highest BCUT2D eigenvalue weighted by Gasteiger charge is 2.48. The number of phenolic OH excluding ortho intramolecular Hbond substituents is 1. The third-order valence-electron chi connectivity index (χ3n) is 20.1. The van der Waals surface area contributed by atoms with Gasteiger partial charge in [-0.25, -0.2) is 24.0 Å². The van der Waals surface area contributed by atoms with Crippen LogP contribution in [0.3, 0.4) is 0 Å². The fourth-order valence-corrected chi connectivity index (χ4v) is 15.0. The number of H-pyrrole nitrogens is 4. The summed E-state index contributed by atoms with van der Waals surface area (Å²) in [5.41, 5.74) is 15.5. The van der Waals surface area contributed by atoms with Gasteiger partial charge in [0.15, 0.2) is 0 Å². The first-order chi connectivity index (χ1) is 55.0. The van der Waals surface area contributed by atoms with Crippen LogP contribution in [0, 0.1) is 0 Å². The highest BCUT2D eigenvalue weighted by atomic mass is 35.5. The fraction of sp³-hybridized carbons (Fsp3) is 0.407. The van der Waals surface area contributed by atoms with E-state index in [9.17, 15) is 62.6 Å². The number of hydrogen-bond donors (Lipinski definition) is 9. The number of aliphatic hydroxyl groups excluding tert-OH is 1. The average Bonchev–Trinajstić information content (AvgIpc) is 1.63. The smallest absolute Gasteiger partial charge is 0.407 e. The Bertz CT molecular complexity index is 5230. The third-order valence-corrected chi connectivity index (χ3v) is 20.3. The Morgan fingerprint density at radius 1 is 0.504 bits per heavy atom. The number of nitrogens with two attached hydrogens (primary N) is 1. The summed E-state index contributed by atoms with van der Waals surface area (Å²) in [5, 5.41) is 26.6. The number of alkyl carbamates (subject to hydrolysis) is 1. The molecule has 0 radical (unpaired) electrons. The minimum absolute atomic E-state index is 0. The van der Waals surface area contributed by atoms with Crippen LogP contribution in [0.25, 0.3) is 43.6 Å². The van der Waals surface area contributed by atoms with Crippen LogP contribution in [0.1, 0.15) is 123 Å². The quantitative estimate of drug-likeness (QED) is 0.0189. The number of phenols is 1. The number of rotatable bonds is 16. The molecule has 12 heterocycles. The van der Waals surface area contributed by atoms with Gasteiger partial charge in [-0.05, 0) is 167 Å². The van der Waals surface area contributed by atoms with Gasteiger partial charge < -0.3 is 89.8 Å². The van der Waals surface area contributed by atoms with Crippen molar-refractivity contribution in [2.45, 2.75) is 115 Å². The van der Waals surface area contributed by atoms with Gasteiger partial charge in [-0.3, -0.25) is 53.2 Å². The highest BCUT2D eigenvalue weighted by Crippen LogP contribution is 2.44. The van der Waals surface area contributed by atoms with Gasteiger partial charge in [0.2, 0.25) is 34.8 Å². The van der Waals surface area contributed by atoms with Gasteiger partial charge in [0.1, 0.15) is 54.0 Å². The number of urea groups is 4. The first-order valence-corrected chi connectivity index (χ1v) is 38.0. The molecule has 36 heteroatoms. The van der Waals surface area contributed by atoms with Crippen LogP contribution in [-0.4, -0.2) is 252 Å². The van der Waals surface area contributed by atoms with Crippen LogP contribution < -0.4 is 30.6 Å². The Hall–Kier alpha value is -12.1. The van der Waals surface area contributed by atoms with Crippen molar-refractivity contribution < 1.29 is 91.4 Å². The largest absolute Gasteiger partial charge is 0.508 e. The van der Waals surface area contributed by atoms with E-state index in [2.05, 4.69) is 43.7 Å². The van der Waals surface area contributed by atoms with E-state index in [1.807, 2.05) is 75.4 Å². The maximum atomic E-state index is 12.7. The second-order valence-corrected chi connectivity index (χ2v) is 30.9. The molecular weight excluding hydrogens is 1560 g/mol. The van der Waals surface area contributed by atoms with E-state index in [4.69, 9.17) is 46.1 Å². The van der Waals surface area contributed by atoms with Crippen molar-refractivity contribution >= 4 is 139 Å². The van der Waals surface area contributed by atoms with E-state index in [-0.39, 0.29) is 115 Å². The topological polar surface area (TPSA) is 431 Å². The first kappa shape index (κ1) is 87.2. The van der Waals surface area contributed by atoms with E-state index < -0.39 is 22.5 Å². The van der Waals surface area contributed by atoms with E-state index in [1.165, 1.54) is 46.8 Å². The SMILES string of the molecule is C=CC(=O)Cl.C=CC(=O)NCCOc1ccc2[nH]c3c(c2c1)C1CN(C3)C(=O)N(C)C1=O.CC(C)(C)OC(=O)CCCO.CN1C(=O)C2CN(Cc3[nH]c4ccc(O)cc4c32)C1=O.CN1C(=O)C2CN(Cc3[nH]c4ccc(OCCN)cc4c32)C1=O.CN1C(=O)C2CN(Cc3[nH]c4ccc(OCCNC(=O)OC(C)(C)C)cc4c32)C1=O.Cl. The molecule has 8 aromatic rings. The molecule has 4 aromatic carbocycles. The molecule has 16 rings (SSSR count). The number of aromatic amines is 4. The molecule has 34 nitrogen and oxygen atoms in total. The average molecular weight is 1660 g/mol. The molecule has 0 saturated carbocycles. The van der Waals surface area contributed by atoms with Crippen LogP contribution in [0.2, 0.25) is 0 Å². The molecule has 4 aromatic heterocycles. The summed E-state index contributed by atoms with van der Waals surface area (Å²) in [6, 6.07) is 21.1. The number of benzene rings is 4. The molecule has 8 bridgehead atoms. The number of imide groups is 4. The van der Waals surface area contributed by atoms with Crippen molar-refractivity contribution in [3.8, 4) is 23.0 Å². The maximum Gasteiger partial charge on any atom is 0.407 e. The number of carbonyl (C=O) groups excluding carboxylic acids is 12. The van der Waals surface area contributed by atoms with E-state index in [0.29, 0.717) is 110 Å². The predicted molar refractivity (Wildman–Crippen MR) is 434 cm³/mol. The zero-order valence-corrected chi connectivity index (χ0v) is 68.2. The van der Waals surface area contributed by atoms with E-state index >= 15 is 0 Å². The summed E-state index contributed by atoms with van der Waals surface area (Å²) in [4.78, 5) is 167. The lowest BCUT2D eigenvalue weighted by atomic mass is 9.89. The molecule has 4 atom stereocenters. The van der Waals surface area contributed by atoms with Crippen LogP contribution in [-0.2, 0) is 69.2 Å². The normalized spacial score (nSPS) is 18.0. The van der Waals surface area contributed by atoms with Crippen molar-refractivity contribution in [1.29, 1.82) is 0 Å². The monoisotopic (exact) mass is 1650 g/mol. The number of allylic oxidation sites excluding steroid dienone is 1. The standard InChI is InChI=1S/C21H26N4O5.C19H20N4O4.C16H18N4O3.C14H13N3O3.C8H16O3.C3H3ClO.ClH/c1-21(2,3)30-19(27)22-7-8-29-12-5-6-15-13(9-12)17-14-10-25(11-16(17)23-15)20(28)24(4)18(14)26;1-3-16(24)20-6-7-27-11-4-5-14-12(8-11)17-13-9-23(10-15(17)21-14)19(26)22(2)18(13)25;1-19-15(21)11-7-20(16(19)22)8-13-14(11)10-6-9(23-5-4-17)2-3-12(10)18-13;1-16-13(19)9-5-17(14(16)20)6-11-12(9)8-4-7(18)2-3-10(8)15-11;1-8(2,3)11-7(10)5-4-6-9;1-2-3(4)5;/h5-6,9,14,23H,7-8,10-11H2,1-4H3,(H,22,27);3-5,8,13,21H,1,6-7,9-10H2,2H3,(H,20,24);2-3,6,11,18H,4-5,7-8,17H2,1H3;2-4,9,15,18H,5-6H2,1H3;9H,4-6H2,1-3H3;2H,1H2;1H. The first-order valence-electron chi connectivity index (χ1n) is 37.6. The molecule has 0 aliphatic carbocycles. The Labute approximate surface area is 684 Å². The Morgan fingerprint density at radius 2 is 0.821 bits per heavy atom. The lowest BCUT2D eigenvalue weighted by Gasteiger charge is -2.40. The van der Waals surface area contributed by atoms with Gasteiger partial charge in [-0.2, -0.15) is 0 Å². The number of fused-ring (bicyclic) bond motifs is 24. The second kappa shape index (κ2) is 36.4. The fourth-order valence-electron chi connectivity index (χ4n) is 15.0. The number of nitrogens with one attached hydrogen (secondary N) is 6. The number of halogens is 2. The van der Waals surface area contributed by atoms with Crippen LogP contribution in [0.15, 0.2) is 98.1 Å². The van der Waals surface area contributed by atoms with Gasteiger partial charge in [-0.15, -0.1) is 12.4 Å². The van der Waals surface area contributed by atoms with Gasteiger partial charge in [-0.1, -0.05) is 13.2 Å². The lowest BCUT2D eigenvalue weighted by Crippen LogP contribution is -2.55. The van der Waals surface area contributed by atoms with Crippen molar-refractivity contribution in [1.82, 2.24) is 69.8 Å². The Morgan fingerprint density at radius 3 is 1.13 bits per heavy atom. The predicted octanol–water partition coefficient (Wildman–Crippen LogP) is 8.72. The van der Waals surface area contributed by atoms with Crippen molar-refractivity contribution in [3.63, 3.8) is 0 Å². The maximum absolute atomic E-state index is 12.7. The molecule has 117 heavy (non-hydrogen) atoms. The third kappa shape index (κ3) is 19.4. The molecule has 8 aliphatic rings. The molecule has 0 spiro atoms. The molecule has 4 unspecified atom stereocenters. The number of aliphatic hydroxyl groups is 1. The molecule has 624 valence electrons. The van der Waals surface area contributed by atoms with E-state index in [1.54, 1.807) is 65.6 Å². The van der Waals surface area contributed by atoms with Crippen LogP contribution in [0.5, 0.6) is 23.0 Å². The summed E-state index contributed by atoms with van der Waals surface area (Å²) < 4.78 is 27.3. The number of esters is 1. The summed E-state index contributed by atoms with van der Waals surface area (Å²) in [7, 11) is 6.10. The lowest BCUT2D eigenvalue weighted by molar-refractivity contribution is -0.155. The number of carbonyl (C=O) groups is 12. The van der Waals surface area contributed by atoms with Gasteiger partial charge in [0.25, 0.3) is 0 Å². The number of ether oxygens (including phenoxy) is 5. The van der Waals surface area contributed by atoms with Crippen molar-refractivity contribution in [2.24, 2.45) is 5.73 Å². The number of aromatic nitrogens is 4.